The summed E-state index contributed by atoms with van der Waals surface area (Å²) in [5.74, 6) is 0.232. The molecule has 0 fully saturated rings. The van der Waals surface area contributed by atoms with E-state index in [2.05, 4.69) is 15.0 Å². The standard InChI is InChI=1S/C22H16ClN5O6S3/c1-12-24-17-10-13-8-9-28(21(29)16(13)11-18(17)36(31,32)26-12)15-4-2-14(3-5-15)25-22(30)27-37(33,34)20-7-6-19(23)35-20/h2-11H,1H3,(H,24,26)(H2,25,27,30). The number of nitrogens with zero attached hydrogens (tertiary/aromatic N) is 2. The Bertz CT molecular complexity index is 1900. The minimum atomic E-state index is -4.08. The summed E-state index contributed by atoms with van der Waals surface area (Å²) in [6, 6.07) is 12.3. The number of aromatic nitrogens is 1. The van der Waals surface area contributed by atoms with E-state index in [1.165, 1.54) is 41.8 Å². The number of carbonyl (C=O) groups is 1. The topological polar surface area (TPSA) is 156 Å². The lowest BCUT2D eigenvalue weighted by Gasteiger charge is -2.17. The number of fused-ring (bicyclic) bond motifs is 2. The van der Waals surface area contributed by atoms with Gasteiger partial charge in [-0.3, -0.25) is 9.36 Å². The van der Waals surface area contributed by atoms with Gasteiger partial charge in [-0.25, -0.2) is 17.9 Å². The molecule has 3 N–H and O–H groups in total. The molecule has 2 aromatic carbocycles. The molecule has 0 radical (unpaired) electrons. The molecule has 0 atom stereocenters. The van der Waals surface area contributed by atoms with Crippen LogP contribution >= 0.6 is 22.9 Å². The molecule has 190 valence electrons. The average molecular weight is 578 g/mol. The zero-order valence-corrected chi connectivity index (χ0v) is 21.9. The van der Waals surface area contributed by atoms with Crippen molar-refractivity contribution in [1.29, 1.82) is 0 Å². The zero-order chi connectivity index (χ0) is 26.5. The molecular formula is C22H16ClN5O6S3. The number of thiophene rings is 1. The van der Waals surface area contributed by atoms with Gasteiger partial charge in [0.25, 0.3) is 25.6 Å². The van der Waals surface area contributed by atoms with Crippen LogP contribution in [0.2, 0.25) is 4.34 Å². The van der Waals surface area contributed by atoms with Crippen molar-refractivity contribution in [2.24, 2.45) is 4.40 Å². The second-order valence-electron chi connectivity index (χ2n) is 7.87. The summed E-state index contributed by atoms with van der Waals surface area (Å²) in [6.45, 7) is 1.53. The molecule has 1 aliphatic heterocycles. The highest BCUT2D eigenvalue weighted by molar-refractivity contribution is 7.92. The number of anilines is 2. The number of urea groups is 1. The third-order valence-electron chi connectivity index (χ3n) is 5.30. The zero-order valence-electron chi connectivity index (χ0n) is 18.7. The van der Waals surface area contributed by atoms with Crippen molar-refractivity contribution < 1.29 is 21.6 Å². The van der Waals surface area contributed by atoms with Crippen molar-refractivity contribution in [3.8, 4) is 5.69 Å². The van der Waals surface area contributed by atoms with E-state index in [1.807, 2.05) is 4.72 Å². The molecule has 37 heavy (non-hydrogen) atoms. The highest BCUT2D eigenvalue weighted by Crippen LogP contribution is 2.31. The van der Waals surface area contributed by atoms with Crippen LogP contribution in [0.5, 0.6) is 0 Å². The number of hydrogen-bond acceptors (Lipinski definition) is 8. The van der Waals surface area contributed by atoms with Crippen LogP contribution in [0.25, 0.3) is 16.5 Å². The fraction of sp³-hybridized carbons (Fsp3) is 0.0455. The Hall–Kier alpha value is -3.72. The predicted octanol–water partition coefficient (Wildman–Crippen LogP) is 3.75. The number of hydrogen-bond donors (Lipinski definition) is 3. The van der Waals surface area contributed by atoms with Crippen LogP contribution in [0.15, 0.2) is 79.1 Å². The molecule has 3 heterocycles. The highest BCUT2D eigenvalue weighted by atomic mass is 35.5. The maximum atomic E-state index is 13.2. The van der Waals surface area contributed by atoms with Crippen LogP contribution in [0, 0.1) is 0 Å². The average Bonchev–Trinajstić information content (AvgIpc) is 3.26. The second-order valence-corrected chi connectivity index (χ2v) is 13.1. The first-order chi connectivity index (χ1) is 17.4. The monoisotopic (exact) mass is 577 g/mol. The number of rotatable bonds is 4. The minimum absolute atomic E-state index is 0.0919. The van der Waals surface area contributed by atoms with Crippen LogP contribution in [-0.4, -0.2) is 33.3 Å². The van der Waals surface area contributed by atoms with Crippen LogP contribution in [-0.2, 0) is 20.0 Å². The number of amides is 2. The van der Waals surface area contributed by atoms with Gasteiger partial charge in [0.15, 0.2) is 0 Å². The van der Waals surface area contributed by atoms with Crippen LogP contribution < -0.4 is 20.9 Å². The number of pyridine rings is 1. The maximum Gasteiger partial charge on any atom is 0.333 e. The number of amidine groups is 1. The van der Waals surface area contributed by atoms with E-state index in [-0.39, 0.29) is 30.4 Å². The van der Waals surface area contributed by atoms with Crippen molar-refractivity contribution in [2.45, 2.75) is 16.0 Å². The molecule has 15 heteroatoms. The molecule has 1 aliphatic rings. The van der Waals surface area contributed by atoms with Gasteiger partial charge in [-0.05, 0) is 66.9 Å². The lowest BCUT2D eigenvalue weighted by Crippen LogP contribution is -2.33. The van der Waals surface area contributed by atoms with Crippen LogP contribution in [0.1, 0.15) is 6.92 Å². The molecule has 0 bridgehead atoms. The summed E-state index contributed by atoms with van der Waals surface area (Å²) in [5, 5.41) is 6.04. The maximum absolute atomic E-state index is 13.2. The molecule has 4 aromatic rings. The fourth-order valence-corrected chi connectivity index (χ4v) is 7.26. The Morgan fingerprint density at radius 1 is 1.11 bits per heavy atom. The predicted molar refractivity (Wildman–Crippen MR) is 142 cm³/mol. The first kappa shape index (κ1) is 25.0. The number of carbonyl (C=O) groups excluding carboxylic acids is 1. The molecule has 0 aliphatic carbocycles. The molecule has 11 nitrogen and oxygen atoms in total. The largest absolute Gasteiger partial charge is 0.342 e. The number of benzene rings is 2. The number of sulfonamides is 2. The molecule has 2 amide bonds. The Labute approximate surface area is 219 Å². The number of nitrogens with one attached hydrogen (secondary N) is 3. The second kappa shape index (κ2) is 8.99. The summed E-state index contributed by atoms with van der Waals surface area (Å²) in [5.41, 5.74) is 0.594. The molecule has 5 rings (SSSR count). The summed E-state index contributed by atoms with van der Waals surface area (Å²) < 4.78 is 56.5. The van der Waals surface area contributed by atoms with Gasteiger partial charge < -0.3 is 10.6 Å². The Balaban J connectivity index is 1.40. The Morgan fingerprint density at radius 2 is 1.84 bits per heavy atom. The smallest absolute Gasteiger partial charge is 0.333 e. The normalized spacial score (nSPS) is 14.4. The van der Waals surface area contributed by atoms with Gasteiger partial charge in [0.1, 0.15) is 14.9 Å². The first-order valence-electron chi connectivity index (χ1n) is 10.4. The molecule has 2 aromatic heterocycles. The lowest BCUT2D eigenvalue weighted by molar-refractivity contribution is 0.256. The van der Waals surface area contributed by atoms with Gasteiger partial charge >= 0.3 is 6.03 Å². The van der Waals surface area contributed by atoms with Crippen LogP contribution in [0.4, 0.5) is 16.2 Å². The molecule has 0 unspecified atom stereocenters. The van der Waals surface area contributed by atoms with E-state index in [0.717, 1.165) is 11.3 Å². The van der Waals surface area contributed by atoms with Gasteiger partial charge in [0.05, 0.1) is 10.0 Å². The molecule has 0 saturated carbocycles. The van der Waals surface area contributed by atoms with E-state index in [0.29, 0.717) is 16.8 Å². The molecule has 0 saturated heterocycles. The van der Waals surface area contributed by atoms with Gasteiger partial charge in [-0.1, -0.05) is 11.6 Å². The van der Waals surface area contributed by atoms with Crippen molar-refractivity contribution >= 4 is 77.0 Å². The number of halogens is 1. The van der Waals surface area contributed by atoms with Crippen molar-refractivity contribution in [2.75, 3.05) is 10.6 Å². The van der Waals surface area contributed by atoms with E-state index in [1.54, 1.807) is 30.5 Å². The van der Waals surface area contributed by atoms with E-state index in [4.69, 9.17) is 11.6 Å². The fourth-order valence-electron chi connectivity index (χ4n) is 3.71. The molecular weight excluding hydrogens is 562 g/mol. The summed E-state index contributed by atoms with van der Waals surface area (Å²) in [7, 11) is -8.02. The van der Waals surface area contributed by atoms with Gasteiger partial charge in [0.2, 0.25) is 0 Å². The summed E-state index contributed by atoms with van der Waals surface area (Å²) >= 11 is 6.57. The van der Waals surface area contributed by atoms with E-state index < -0.39 is 31.6 Å². The minimum Gasteiger partial charge on any atom is -0.342 e. The lowest BCUT2D eigenvalue weighted by atomic mass is 10.1. The SMILES string of the molecule is CC1=NS(=O)(=O)c2cc3c(=O)n(-c4ccc(NC(=O)NS(=O)(=O)c5ccc(Cl)s5)cc4)ccc3cc2N1. The highest BCUT2D eigenvalue weighted by Gasteiger charge is 2.25. The summed E-state index contributed by atoms with van der Waals surface area (Å²) in [6.07, 6.45) is 1.54. The Morgan fingerprint density at radius 3 is 2.51 bits per heavy atom. The van der Waals surface area contributed by atoms with E-state index in [9.17, 15) is 26.4 Å². The van der Waals surface area contributed by atoms with E-state index >= 15 is 0 Å². The third-order valence-corrected chi connectivity index (χ3v) is 9.76. The summed E-state index contributed by atoms with van der Waals surface area (Å²) in [4.78, 5) is 25.3. The van der Waals surface area contributed by atoms with Gasteiger partial charge in [0, 0.05) is 23.0 Å². The molecule has 0 spiro atoms. The van der Waals surface area contributed by atoms with Crippen molar-refractivity contribution in [1.82, 2.24) is 9.29 Å². The van der Waals surface area contributed by atoms with Gasteiger partial charge in [-0.15, -0.1) is 15.7 Å². The Kier molecular flexibility index (Phi) is 6.06. The van der Waals surface area contributed by atoms with Gasteiger partial charge in [-0.2, -0.15) is 8.42 Å². The van der Waals surface area contributed by atoms with Crippen molar-refractivity contribution in [3.63, 3.8) is 0 Å². The van der Waals surface area contributed by atoms with Crippen molar-refractivity contribution in [3.05, 3.63) is 75.5 Å². The third kappa shape index (κ3) is 4.83. The quantitative estimate of drug-likeness (QED) is 0.333. The van der Waals surface area contributed by atoms with Crippen LogP contribution in [0.3, 0.4) is 0 Å². The first-order valence-corrected chi connectivity index (χ1v) is 14.5.